The molecule has 0 N–H and O–H groups in total. The molecule has 0 amide bonds. The van der Waals surface area contributed by atoms with Crippen molar-refractivity contribution in [1.29, 1.82) is 0 Å². The summed E-state index contributed by atoms with van der Waals surface area (Å²) in [5, 5.41) is 0. The Morgan fingerprint density at radius 1 is 0.308 bits per heavy atom. The van der Waals surface area contributed by atoms with Gasteiger partial charge in [-0.3, -0.25) is 0 Å². The molecule has 0 fully saturated rings. The molecular formula is C89H78N2. The quantitative estimate of drug-likeness (QED) is 0.127. The largest absolute Gasteiger partial charge is 0.310 e. The molecule has 0 saturated heterocycles. The fraction of sp³-hybridized carbons (Fsp3) is 0.191. The summed E-state index contributed by atoms with van der Waals surface area (Å²) >= 11 is 0. The Labute approximate surface area is 539 Å². The van der Waals surface area contributed by atoms with E-state index in [4.69, 9.17) is 0 Å². The number of nitrogens with zero attached hydrogens (tertiary/aromatic N) is 2. The van der Waals surface area contributed by atoms with Gasteiger partial charge in [-0.2, -0.15) is 0 Å². The van der Waals surface area contributed by atoms with Crippen molar-refractivity contribution in [2.24, 2.45) is 0 Å². The SMILES string of the molecule is Cc1cc(-c2ccccc2)cc(C)c1N(c1ccc2c(c1)C(C)(C)c1ccccc1-2)c1cccc2c1-c1ccccc1C2(C)Cc1ccc2c(c1)-c1ccc(N(c3ccc4c(c3)C(C)(C)c3ccccc3-4)c3ccc(-c4ccccc4)cc3C(C)C)cc1C2(C)C. The lowest BCUT2D eigenvalue weighted by Crippen LogP contribution is -2.24. The van der Waals surface area contributed by atoms with Gasteiger partial charge in [-0.25, -0.2) is 0 Å². The highest BCUT2D eigenvalue weighted by Gasteiger charge is 2.44. The smallest absolute Gasteiger partial charge is 0.0543 e. The molecule has 0 aromatic heterocycles. The van der Waals surface area contributed by atoms with Crippen LogP contribution in [0.4, 0.5) is 34.1 Å². The van der Waals surface area contributed by atoms with Gasteiger partial charge in [-0.1, -0.05) is 250 Å². The van der Waals surface area contributed by atoms with E-state index in [1.54, 1.807) is 0 Å². The van der Waals surface area contributed by atoms with Gasteiger partial charge < -0.3 is 9.80 Å². The van der Waals surface area contributed by atoms with Gasteiger partial charge in [0.2, 0.25) is 0 Å². The van der Waals surface area contributed by atoms with Gasteiger partial charge >= 0.3 is 0 Å². The van der Waals surface area contributed by atoms with E-state index in [0.717, 1.165) is 6.42 Å². The minimum absolute atomic E-state index is 0.143. The molecule has 12 aromatic carbocycles. The maximum Gasteiger partial charge on any atom is 0.0543 e. The van der Waals surface area contributed by atoms with Crippen LogP contribution in [-0.4, -0.2) is 0 Å². The Balaban J connectivity index is 0.810. The number of rotatable bonds is 11. The molecule has 0 bridgehead atoms. The average molecular weight is 1180 g/mol. The van der Waals surface area contributed by atoms with E-state index in [0.29, 0.717) is 0 Å². The van der Waals surface area contributed by atoms with Crippen LogP contribution in [0.2, 0.25) is 0 Å². The van der Waals surface area contributed by atoms with Crippen LogP contribution >= 0.6 is 0 Å². The summed E-state index contributed by atoms with van der Waals surface area (Å²) in [4.78, 5) is 5.17. The van der Waals surface area contributed by atoms with Gasteiger partial charge in [0.15, 0.2) is 0 Å². The molecule has 12 aromatic rings. The average Bonchev–Trinajstić information content (AvgIpc) is 1.59. The van der Waals surface area contributed by atoms with Crippen LogP contribution in [0.5, 0.6) is 0 Å². The summed E-state index contributed by atoms with van der Waals surface area (Å²) in [6.07, 6.45) is 0.847. The van der Waals surface area contributed by atoms with Gasteiger partial charge in [0.05, 0.1) is 11.4 Å². The molecule has 2 heteroatoms. The van der Waals surface area contributed by atoms with E-state index in [2.05, 4.69) is 341 Å². The summed E-state index contributed by atoms with van der Waals surface area (Å²) in [5.74, 6) is 0.276. The maximum absolute atomic E-state index is 2.61. The number of anilines is 6. The van der Waals surface area contributed by atoms with Crippen LogP contribution in [0.25, 0.3) is 66.8 Å². The first-order valence-electron chi connectivity index (χ1n) is 32.9. The van der Waals surface area contributed by atoms with Crippen molar-refractivity contribution >= 4 is 34.1 Å². The first-order chi connectivity index (χ1) is 43.9. The van der Waals surface area contributed by atoms with Crippen LogP contribution in [0.3, 0.4) is 0 Å². The molecule has 4 aliphatic rings. The van der Waals surface area contributed by atoms with Gasteiger partial charge in [-0.05, 0) is 221 Å². The highest BCUT2D eigenvalue weighted by Crippen LogP contribution is 2.59. The summed E-state index contributed by atoms with van der Waals surface area (Å²) in [7, 11) is 0. The van der Waals surface area contributed by atoms with E-state index in [1.165, 1.54) is 168 Å². The second-order valence-electron chi connectivity index (χ2n) is 28.6. The topological polar surface area (TPSA) is 6.48 Å². The zero-order valence-electron chi connectivity index (χ0n) is 54.4. The van der Waals surface area contributed by atoms with E-state index in [1.807, 2.05) is 0 Å². The molecule has 1 unspecified atom stereocenters. The van der Waals surface area contributed by atoms with Crippen LogP contribution in [-0.2, 0) is 28.1 Å². The highest BCUT2D eigenvalue weighted by atomic mass is 15.2. The summed E-state index contributed by atoms with van der Waals surface area (Å²) in [6, 6.07) is 97.3. The standard InChI is InChI=1S/C89H78N2/c1-55(2)72-50-61(59-25-14-12-15-26-59)38-46-82(72)90(63-39-42-68-66-29-18-21-32-74(66)86(5,6)79(68)51-63)64-40-44-70-73-49-58(37-45-76(73)88(9,10)81(70)52-64)54-89(11)77-34-23-20-31-71(77)84-78(89)35-24-36-83(84)91(85-56(3)47-62(48-57(85)4)60-27-16-13-17-28-60)65-41-43-69-67-30-19-22-33-75(67)87(7,8)80(69)53-65/h12-53,55H,54H2,1-11H3. The molecule has 16 rings (SSSR count). The Bertz CT molecular complexity index is 4930. The first kappa shape index (κ1) is 56.5. The van der Waals surface area contributed by atoms with Crippen molar-refractivity contribution in [3.8, 4) is 66.8 Å². The molecule has 2 nitrogen and oxygen atoms in total. The monoisotopic (exact) mass is 1170 g/mol. The number of hydrogen-bond donors (Lipinski definition) is 0. The Morgan fingerprint density at radius 3 is 1.31 bits per heavy atom. The van der Waals surface area contributed by atoms with Crippen molar-refractivity contribution in [3.63, 3.8) is 0 Å². The molecule has 0 radical (unpaired) electrons. The number of aryl methyl sites for hydroxylation is 2. The van der Waals surface area contributed by atoms with Gasteiger partial charge in [0.1, 0.15) is 0 Å². The van der Waals surface area contributed by atoms with Crippen molar-refractivity contribution in [3.05, 3.63) is 322 Å². The van der Waals surface area contributed by atoms with Crippen LogP contribution in [0.15, 0.2) is 255 Å². The molecule has 91 heavy (non-hydrogen) atoms. The minimum Gasteiger partial charge on any atom is -0.310 e. The molecule has 444 valence electrons. The Kier molecular flexibility index (Phi) is 12.8. The van der Waals surface area contributed by atoms with E-state index < -0.39 is 0 Å². The fourth-order valence-electron chi connectivity index (χ4n) is 17.0. The molecule has 1 atom stereocenters. The molecule has 0 aliphatic heterocycles. The normalized spacial score (nSPS) is 16.1. The van der Waals surface area contributed by atoms with Gasteiger partial charge in [-0.15, -0.1) is 0 Å². The lowest BCUT2D eigenvalue weighted by molar-refractivity contribution is 0.582. The molecule has 4 aliphatic carbocycles. The lowest BCUT2D eigenvalue weighted by atomic mass is 9.74. The summed E-state index contributed by atoms with van der Waals surface area (Å²) in [5.41, 5.74) is 37.9. The molecule has 0 heterocycles. The summed E-state index contributed by atoms with van der Waals surface area (Å²) < 4.78 is 0. The van der Waals surface area contributed by atoms with Gasteiger partial charge in [0.25, 0.3) is 0 Å². The summed E-state index contributed by atoms with van der Waals surface area (Å²) in [6.45, 7) is 26.3. The highest BCUT2D eigenvalue weighted by molar-refractivity contribution is 5.98. The van der Waals surface area contributed by atoms with Crippen LogP contribution < -0.4 is 9.80 Å². The predicted octanol–water partition coefficient (Wildman–Crippen LogP) is 24.1. The Morgan fingerprint density at radius 2 is 0.758 bits per heavy atom. The lowest BCUT2D eigenvalue weighted by Gasteiger charge is -2.33. The van der Waals surface area contributed by atoms with Crippen molar-refractivity contribution in [2.75, 3.05) is 9.80 Å². The Hall–Kier alpha value is -9.76. The van der Waals surface area contributed by atoms with Crippen molar-refractivity contribution in [2.45, 2.75) is 110 Å². The van der Waals surface area contributed by atoms with E-state index in [-0.39, 0.29) is 27.6 Å². The van der Waals surface area contributed by atoms with Gasteiger partial charge in [0, 0.05) is 50.0 Å². The van der Waals surface area contributed by atoms with Crippen molar-refractivity contribution < 1.29 is 0 Å². The third-order valence-corrected chi connectivity index (χ3v) is 21.7. The minimum atomic E-state index is -0.331. The first-order valence-corrected chi connectivity index (χ1v) is 32.9. The predicted molar refractivity (Wildman–Crippen MR) is 385 cm³/mol. The maximum atomic E-state index is 2.61. The van der Waals surface area contributed by atoms with Crippen LogP contribution in [0, 0.1) is 13.8 Å². The molecule has 0 saturated carbocycles. The van der Waals surface area contributed by atoms with E-state index >= 15 is 0 Å². The third kappa shape index (κ3) is 8.58. The van der Waals surface area contributed by atoms with E-state index in [9.17, 15) is 0 Å². The fourth-order valence-corrected chi connectivity index (χ4v) is 17.0. The third-order valence-electron chi connectivity index (χ3n) is 21.7. The number of hydrogen-bond acceptors (Lipinski definition) is 2. The number of benzene rings is 12. The molecule has 0 spiro atoms. The zero-order valence-corrected chi connectivity index (χ0v) is 54.4. The second kappa shape index (κ2) is 20.6. The van der Waals surface area contributed by atoms with Crippen molar-refractivity contribution in [1.82, 2.24) is 0 Å². The number of fused-ring (bicyclic) bond motifs is 12. The second-order valence-corrected chi connectivity index (χ2v) is 28.6. The zero-order chi connectivity index (χ0) is 62.5. The molecular weight excluding hydrogens is 1100 g/mol. The van der Waals surface area contributed by atoms with Crippen LogP contribution in [0.1, 0.15) is 135 Å².